The van der Waals surface area contributed by atoms with Crippen molar-refractivity contribution in [1.82, 2.24) is 20.6 Å². The Morgan fingerprint density at radius 3 is 3.00 bits per heavy atom. The molecule has 3 heterocycles. The Labute approximate surface area is 166 Å². The first-order valence-electron chi connectivity index (χ1n) is 9.24. The van der Waals surface area contributed by atoms with Crippen LogP contribution in [0.5, 0.6) is 0 Å². The molecule has 1 saturated carbocycles. The lowest BCUT2D eigenvalue weighted by molar-refractivity contribution is 0.240. The van der Waals surface area contributed by atoms with Gasteiger partial charge >= 0.3 is 6.03 Å². The number of amides is 2. The summed E-state index contributed by atoms with van der Waals surface area (Å²) < 4.78 is 14.3. The van der Waals surface area contributed by atoms with Crippen molar-refractivity contribution in [2.24, 2.45) is 16.6 Å². The third-order valence-corrected chi connectivity index (χ3v) is 5.44. The molecule has 4 rings (SSSR count). The van der Waals surface area contributed by atoms with Gasteiger partial charge in [-0.2, -0.15) is 0 Å². The molecule has 3 atom stereocenters. The summed E-state index contributed by atoms with van der Waals surface area (Å²) in [4.78, 5) is 23.9. The van der Waals surface area contributed by atoms with Crippen LogP contribution in [0.25, 0.3) is 5.57 Å². The van der Waals surface area contributed by atoms with E-state index in [1.807, 2.05) is 0 Å². The number of nitrogens with zero attached hydrogens (tertiary/aromatic N) is 3. The summed E-state index contributed by atoms with van der Waals surface area (Å²) in [6, 6.07) is -0.577. The fourth-order valence-corrected chi connectivity index (χ4v) is 4.10. The number of aliphatic imine (C=N–C) groups is 1. The Morgan fingerprint density at radius 2 is 2.18 bits per heavy atom. The van der Waals surface area contributed by atoms with E-state index in [0.717, 1.165) is 30.7 Å². The fourth-order valence-electron chi connectivity index (χ4n) is 3.90. The van der Waals surface area contributed by atoms with Crippen LogP contribution in [0.15, 0.2) is 28.6 Å². The molecule has 10 heteroatoms. The van der Waals surface area contributed by atoms with Gasteiger partial charge in [0.2, 0.25) is 0 Å². The molecule has 1 aliphatic carbocycles. The number of amidine groups is 1. The number of urea groups is 1. The number of primary amides is 1. The second kappa shape index (κ2) is 7.75. The van der Waals surface area contributed by atoms with Crippen LogP contribution >= 0.6 is 11.6 Å². The molecule has 28 heavy (non-hydrogen) atoms. The molecule has 0 spiro atoms. The quantitative estimate of drug-likeness (QED) is 0.613. The summed E-state index contributed by atoms with van der Waals surface area (Å²) >= 11 is 6.12. The van der Waals surface area contributed by atoms with Gasteiger partial charge in [-0.1, -0.05) is 11.6 Å². The summed E-state index contributed by atoms with van der Waals surface area (Å²) in [7, 11) is 0. The lowest BCUT2D eigenvalue weighted by Gasteiger charge is -2.30. The molecule has 3 aliphatic rings. The molecule has 5 N–H and O–H groups in total. The van der Waals surface area contributed by atoms with Crippen LogP contribution in [0, 0.1) is 11.7 Å². The van der Waals surface area contributed by atoms with Crippen LogP contribution in [0.4, 0.5) is 15.0 Å². The molecular weight excluding hydrogens is 385 g/mol. The zero-order valence-corrected chi connectivity index (χ0v) is 15.8. The number of carbonyl (C=O) groups excluding carboxylic acids is 1. The molecule has 1 aromatic rings. The first-order chi connectivity index (χ1) is 13.5. The van der Waals surface area contributed by atoms with Crippen molar-refractivity contribution in [3.63, 3.8) is 0 Å². The Balaban J connectivity index is 1.50. The average Bonchev–Trinajstić information content (AvgIpc) is 3.06. The minimum Gasteiger partial charge on any atom is -0.365 e. The summed E-state index contributed by atoms with van der Waals surface area (Å²) in [6.45, 7) is 0. The second-order valence-electron chi connectivity index (χ2n) is 7.19. The van der Waals surface area contributed by atoms with Crippen molar-refractivity contribution in [1.29, 1.82) is 0 Å². The van der Waals surface area contributed by atoms with Crippen molar-refractivity contribution in [2.45, 2.75) is 44.2 Å². The maximum absolute atomic E-state index is 14.3. The van der Waals surface area contributed by atoms with Crippen LogP contribution in [-0.2, 0) is 0 Å². The predicted octanol–water partition coefficient (Wildman–Crippen LogP) is 2.45. The van der Waals surface area contributed by atoms with Crippen LogP contribution in [-0.4, -0.2) is 33.9 Å². The summed E-state index contributed by atoms with van der Waals surface area (Å²) in [6.07, 6.45) is 8.46. The monoisotopic (exact) mass is 405 g/mol. The molecule has 1 aromatic heterocycles. The highest BCUT2D eigenvalue weighted by atomic mass is 35.5. The second-order valence-corrected chi connectivity index (χ2v) is 7.68. The Kier molecular flexibility index (Phi) is 5.17. The summed E-state index contributed by atoms with van der Waals surface area (Å²) in [5.41, 5.74) is 6.04. The molecular formula is C18H21ClFN7O. The Morgan fingerprint density at radius 1 is 1.36 bits per heavy atom. The first kappa shape index (κ1) is 18.7. The zero-order valence-electron chi connectivity index (χ0n) is 15.1. The van der Waals surface area contributed by atoms with Gasteiger partial charge in [0.25, 0.3) is 0 Å². The smallest absolute Gasteiger partial charge is 0.312 e. The molecule has 148 valence electrons. The molecule has 0 radical (unpaired) electrons. The number of allylic oxidation sites excluding steroid dienone is 1. The van der Waals surface area contributed by atoms with Gasteiger partial charge in [-0.05, 0) is 32.1 Å². The molecule has 0 saturated heterocycles. The van der Waals surface area contributed by atoms with Gasteiger partial charge in [0.15, 0.2) is 17.5 Å². The van der Waals surface area contributed by atoms with E-state index >= 15 is 0 Å². The van der Waals surface area contributed by atoms with Gasteiger partial charge in [-0.3, -0.25) is 0 Å². The SMILES string of the molecule is NC(=O)NC1CCCC(Nc2nc(C3=CNC4=NC=C(Cl)CC34)ncc2F)C1. The van der Waals surface area contributed by atoms with E-state index in [0.29, 0.717) is 23.7 Å². The number of aromatic nitrogens is 2. The van der Waals surface area contributed by atoms with Crippen LogP contribution in [0.3, 0.4) is 0 Å². The highest BCUT2D eigenvalue weighted by Crippen LogP contribution is 2.35. The number of rotatable bonds is 4. The third kappa shape index (κ3) is 3.94. The van der Waals surface area contributed by atoms with Crippen molar-refractivity contribution in [2.75, 3.05) is 5.32 Å². The number of nitrogens with two attached hydrogens (primary N) is 1. The number of halogens is 2. The third-order valence-electron chi connectivity index (χ3n) is 5.19. The van der Waals surface area contributed by atoms with E-state index in [4.69, 9.17) is 17.3 Å². The minimum atomic E-state index is -0.542. The number of fused-ring (bicyclic) bond motifs is 1. The molecule has 2 aliphatic heterocycles. The lowest BCUT2D eigenvalue weighted by Crippen LogP contribution is -2.44. The van der Waals surface area contributed by atoms with E-state index in [2.05, 4.69) is 30.9 Å². The van der Waals surface area contributed by atoms with Crippen molar-refractivity contribution in [3.8, 4) is 0 Å². The first-order valence-corrected chi connectivity index (χ1v) is 9.61. The minimum absolute atomic E-state index is 0.0114. The normalized spacial score (nSPS) is 26.4. The molecule has 8 nitrogen and oxygen atoms in total. The Hall–Kier alpha value is -2.68. The summed E-state index contributed by atoms with van der Waals surface area (Å²) in [5.74, 6) is 0.791. The topological polar surface area (TPSA) is 117 Å². The van der Waals surface area contributed by atoms with E-state index in [9.17, 15) is 9.18 Å². The van der Waals surface area contributed by atoms with Crippen LogP contribution in [0.1, 0.15) is 37.9 Å². The van der Waals surface area contributed by atoms with Gasteiger partial charge in [-0.15, -0.1) is 0 Å². The number of hydrogen-bond donors (Lipinski definition) is 4. The average molecular weight is 406 g/mol. The number of nitrogens with one attached hydrogen (secondary N) is 3. The molecule has 0 aromatic carbocycles. The maximum Gasteiger partial charge on any atom is 0.312 e. The van der Waals surface area contributed by atoms with Gasteiger partial charge in [0.05, 0.1) is 12.1 Å². The largest absolute Gasteiger partial charge is 0.365 e. The highest BCUT2D eigenvalue weighted by Gasteiger charge is 2.32. The number of carbonyl (C=O) groups is 1. The molecule has 3 unspecified atom stereocenters. The summed E-state index contributed by atoms with van der Waals surface area (Å²) in [5, 5.41) is 9.65. The van der Waals surface area contributed by atoms with E-state index < -0.39 is 11.8 Å². The van der Waals surface area contributed by atoms with Crippen molar-refractivity contribution in [3.05, 3.63) is 35.3 Å². The van der Waals surface area contributed by atoms with E-state index in [1.165, 1.54) is 6.20 Å². The standard InChI is InChI=1S/C18H21ClFN7O/c19-9-4-12-13(7-23-15(12)22-6-9)16-24-8-14(20)17(27-16)25-10-2-1-3-11(5-10)26-18(21)28/h6-8,10-12H,1-5H2,(H,22,23)(H3,21,26,28)(H,24,25,27). The fraction of sp³-hybridized carbons (Fsp3) is 0.444. The van der Waals surface area contributed by atoms with Gasteiger partial charge < -0.3 is 21.7 Å². The van der Waals surface area contributed by atoms with Gasteiger partial charge in [0.1, 0.15) is 5.84 Å². The van der Waals surface area contributed by atoms with Crippen LogP contribution in [0.2, 0.25) is 0 Å². The zero-order chi connectivity index (χ0) is 19.7. The van der Waals surface area contributed by atoms with Gasteiger partial charge in [0, 0.05) is 35.1 Å². The van der Waals surface area contributed by atoms with Crippen LogP contribution < -0.4 is 21.7 Å². The van der Waals surface area contributed by atoms with Gasteiger partial charge in [-0.25, -0.2) is 24.1 Å². The molecule has 1 fully saturated rings. The molecule has 2 amide bonds. The molecule has 0 bridgehead atoms. The van der Waals surface area contributed by atoms with Crippen molar-refractivity contribution < 1.29 is 9.18 Å². The number of anilines is 1. The predicted molar refractivity (Wildman–Crippen MR) is 105 cm³/mol. The maximum atomic E-state index is 14.3. The van der Waals surface area contributed by atoms with E-state index in [-0.39, 0.29) is 23.8 Å². The highest BCUT2D eigenvalue weighted by molar-refractivity contribution is 6.30. The Bertz CT molecular complexity index is 885. The lowest BCUT2D eigenvalue weighted by atomic mass is 9.91. The van der Waals surface area contributed by atoms with Crippen molar-refractivity contribution >= 4 is 34.9 Å². The number of hydrogen-bond acceptors (Lipinski definition) is 6. The van der Waals surface area contributed by atoms with E-state index in [1.54, 1.807) is 12.4 Å².